The molecular weight excluding hydrogens is 502 g/mol. The molecule has 1 fully saturated rings. The Morgan fingerprint density at radius 3 is 2.60 bits per heavy atom. The smallest absolute Gasteiger partial charge is 0.220 e. The van der Waals surface area contributed by atoms with Crippen molar-refractivity contribution >= 4 is 51.8 Å². The van der Waals surface area contributed by atoms with Gasteiger partial charge in [0.05, 0.1) is 0 Å². The second-order valence-corrected chi connectivity index (χ2v) is 6.90. The Labute approximate surface area is 174 Å². The first-order valence-electron chi connectivity index (χ1n) is 8.13. The summed E-state index contributed by atoms with van der Waals surface area (Å²) in [7, 11) is 3.43. The van der Waals surface area contributed by atoms with E-state index >= 15 is 0 Å². The van der Waals surface area contributed by atoms with E-state index in [4.69, 9.17) is 0 Å². The first kappa shape index (κ1) is 22.1. The molecule has 0 atom stereocenters. The van der Waals surface area contributed by atoms with Gasteiger partial charge in [-0.05, 0) is 42.5 Å². The monoisotopic (exact) mass is 526 g/mol. The maximum atomic E-state index is 13.4. The average Bonchev–Trinajstić information content (AvgIpc) is 2.56. The number of guanidine groups is 1. The number of amides is 1. The van der Waals surface area contributed by atoms with Crippen molar-refractivity contribution in [3.05, 3.63) is 34.1 Å². The first-order valence-corrected chi connectivity index (χ1v) is 8.92. The summed E-state index contributed by atoms with van der Waals surface area (Å²) in [6.07, 6.45) is 2.53. The zero-order valence-corrected chi connectivity index (χ0v) is 18.4. The third-order valence-electron chi connectivity index (χ3n) is 4.25. The number of carbonyl (C=O) groups excluding carboxylic acids is 1. The van der Waals surface area contributed by atoms with Gasteiger partial charge in [-0.2, -0.15) is 0 Å². The molecule has 2 N–H and O–H groups in total. The Bertz CT molecular complexity index is 586. The molecule has 0 spiro atoms. The number of hydrogen-bond donors (Lipinski definition) is 2. The molecule has 1 amide bonds. The molecule has 0 aliphatic carbocycles. The number of nitrogens with zero attached hydrogens (tertiary/aromatic N) is 2. The van der Waals surface area contributed by atoms with Crippen LogP contribution in [0.1, 0.15) is 24.8 Å². The highest BCUT2D eigenvalue weighted by Crippen LogP contribution is 2.20. The Hall–Kier alpha value is -0.900. The number of piperidine rings is 1. The number of nitrogens with one attached hydrogen (secondary N) is 2. The van der Waals surface area contributed by atoms with Crippen LogP contribution in [-0.2, 0) is 11.3 Å². The highest BCUT2D eigenvalue weighted by molar-refractivity contribution is 14.0. The van der Waals surface area contributed by atoms with Crippen LogP contribution in [0.2, 0.25) is 0 Å². The molecule has 1 aliphatic rings. The highest BCUT2D eigenvalue weighted by atomic mass is 127. The topological polar surface area (TPSA) is 56.7 Å². The predicted octanol–water partition coefficient (Wildman–Crippen LogP) is 3.13. The fourth-order valence-electron chi connectivity index (χ4n) is 2.94. The van der Waals surface area contributed by atoms with Crippen molar-refractivity contribution in [3.8, 4) is 0 Å². The summed E-state index contributed by atoms with van der Waals surface area (Å²) in [6.45, 7) is 2.25. The van der Waals surface area contributed by atoms with Gasteiger partial charge in [0.15, 0.2) is 5.96 Å². The number of aliphatic imine (C=N–C) groups is 1. The number of benzene rings is 1. The van der Waals surface area contributed by atoms with Crippen LogP contribution in [0.5, 0.6) is 0 Å². The third-order valence-corrected chi connectivity index (χ3v) is 4.71. The van der Waals surface area contributed by atoms with Gasteiger partial charge in [-0.3, -0.25) is 9.79 Å². The number of rotatable bonds is 4. The van der Waals surface area contributed by atoms with E-state index in [2.05, 4.69) is 36.5 Å². The molecule has 0 bridgehead atoms. The summed E-state index contributed by atoms with van der Waals surface area (Å²) < 4.78 is 14.2. The highest BCUT2D eigenvalue weighted by Gasteiger charge is 2.23. The second-order valence-electron chi connectivity index (χ2n) is 5.99. The lowest BCUT2D eigenvalue weighted by molar-refractivity contribution is -0.121. The Balaban J connectivity index is 0.00000312. The van der Waals surface area contributed by atoms with Crippen molar-refractivity contribution < 1.29 is 9.18 Å². The van der Waals surface area contributed by atoms with Gasteiger partial charge >= 0.3 is 0 Å². The standard InChI is InChI=1S/C17H24BrFN4O.HI/c1-20-16(24)9-12-3-5-23(6-4-12)17(21-2)22-11-13-7-14(18)10-15(19)8-13;/h7-8,10,12H,3-6,9,11H2,1-2H3,(H,20,24)(H,21,22);1H. The van der Waals surface area contributed by atoms with Gasteiger partial charge in [0.1, 0.15) is 5.82 Å². The molecule has 25 heavy (non-hydrogen) atoms. The molecule has 0 unspecified atom stereocenters. The maximum Gasteiger partial charge on any atom is 0.220 e. The van der Waals surface area contributed by atoms with Crippen LogP contribution < -0.4 is 10.6 Å². The van der Waals surface area contributed by atoms with Crippen LogP contribution in [-0.4, -0.2) is 44.0 Å². The van der Waals surface area contributed by atoms with E-state index in [9.17, 15) is 9.18 Å². The van der Waals surface area contributed by atoms with Crippen molar-refractivity contribution in [1.82, 2.24) is 15.5 Å². The predicted molar refractivity (Wildman–Crippen MR) is 113 cm³/mol. The van der Waals surface area contributed by atoms with E-state index in [1.54, 1.807) is 14.1 Å². The van der Waals surface area contributed by atoms with Gasteiger partial charge in [0.2, 0.25) is 5.91 Å². The summed E-state index contributed by atoms with van der Waals surface area (Å²) in [6, 6.07) is 4.84. The van der Waals surface area contributed by atoms with Gasteiger partial charge < -0.3 is 15.5 Å². The van der Waals surface area contributed by atoms with Gasteiger partial charge in [0, 0.05) is 44.6 Å². The molecule has 1 heterocycles. The van der Waals surface area contributed by atoms with Crippen LogP contribution in [0.15, 0.2) is 27.7 Å². The average molecular weight is 527 g/mol. The van der Waals surface area contributed by atoms with E-state index in [-0.39, 0.29) is 35.7 Å². The molecule has 0 aromatic heterocycles. The number of halogens is 3. The molecule has 8 heteroatoms. The van der Waals surface area contributed by atoms with Crippen molar-refractivity contribution in [1.29, 1.82) is 0 Å². The largest absolute Gasteiger partial charge is 0.359 e. The van der Waals surface area contributed by atoms with Crippen LogP contribution in [0.25, 0.3) is 0 Å². The minimum Gasteiger partial charge on any atom is -0.359 e. The van der Waals surface area contributed by atoms with E-state index in [1.807, 2.05) is 6.07 Å². The quantitative estimate of drug-likeness (QED) is 0.360. The SMILES string of the molecule is CN=C(NCc1cc(F)cc(Br)c1)N1CCC(CC(=O)NC)CC1.I. The van der Waals surface area contributed by atoms with Crippen LogP contribution in [0.3, 0.4) is 0 Å². The van der Waals surface area contributed by atoms with Crippen LogP contribution in [0, 0.1) is 11.7 Å². The Morgan fingerprint density at radius 1 is 1.36 bits per heavy atom. The van der Waals surface area contributed by atoms with Gasteiger partial charge in [-0.1, -0.05) is 15.9 Å². The Morgan fingerprint density at radius 2 is 2.04 bits per heavy atom. The van der Waals surface area contributed by atoms with Gasteiger partial charge in [0.25, 0.3) is 0 Å². The van der Waals surface area contributed by atoms with Crippen molar-refractivity contribution in [2.24, 2.45) is 10.9 Å². The molecule has 2 rings (SSSR count). The fourth-order valence-corrected chi connectivity index (χ4v) is 3.45. The molecule has 1 saturated heterocycles. The summed E-state index contributed by atoms with van der Waals surface area (Å²) >= 11 is 3.30. The van der Waals surface area contributed by atoms with E-state index in [0.717, 1.165) is 41.9 Å². The Kier molecular flexibility index (Phi) is 9.70. The van der Waals surface area contributed by atoms with Gasteiger partial charge in [-0.25, -0.2) is 4.39 Å². The molecule has 1 aromatic rings. The molecule has 1 aliphatic heterocycles. The minimum atomic E-state index is -0.258. The van der Waals surface area contributed by atoms with Crippen LogP contribution in [0.4, 0.5) is 4.39 Å². The van der Waals surface area contributed by atoms with Crippen molar-refractivity contribution in [2.75, 3.05) is 27.2 Å². The van der Waals surface area contributed by atoms with E-state index in [1.165, 1.54) is 12.1 Å². The van der Waals surface area contributed by atoms with E-state index in [0.29, 0.717) is 18.9 Å². The summed E-state index contributed by atoms with van der Waals surface area (Å²) in [5.74, 6) is 1.09. The van der Waals surface area contributed by atoms with Crippen molar-refractivity contribution in [3.63, 3.8) is 0 Å². The lowest BCUT2D eigenvalue weighted by atomic mass is 9.93. The molecule has 140 valence electrons. The molecule has 5 nitrogen and oxygen atoms in total. The summed E-state index contributed by atoms with van der Waals surface area (Å²) in [4.78, 5) is 18.0. The maximum absolute atomic E-state index is 13.4. The zero-order chi connectivity index (χ0) is 17.5. The normalized spacial score (nSPS) is 15.5. The second kappa shape index (κ2) is 10.9. The van der Waals surface area contributed by atoms with E-state index < -0.39 is 0 Å². The minimum absolute atomic E-state index is 0. The lowest BCUT2D eigenvalue weighted by Crippen LogP contribution is -2.45. The number of likely N-dealkylation sites (tertiary alicyclic amines) is 1. The summed E-state index contributed by atoms with van der Waals surface area (Å²) in [5.41, 5.74) is 0.859. The summed E-state index contributed by atoms with van der Waals surface area (Å²) in [5, 5.41) is 5.97. The molecule has 0 saturated carbocycles. The zero-order valence-electron chi connectivity index (χ0n) is 14.5. The van der Waals surface area contributed by atoms with Gasteiger partial charge in [-0.15, -0.1) is 24.0 Å². The number of carbonyl (C=O) groups is 1. The first-order chi connectivity index (χ1) is 11.5. The molecule has 1 aromatic carbocycles. The van der Waals surface area contributed by atoms with Crippen LogP contribution >= 0.6 is 39.9 Å². The number of hydrogen-bond acceptors (Lipinski definition) is 2. The fraction of sp³-hybridized carbons (Fsp3) is 0.529. The third kappa shape index (κ3) is 7.08. The molecule has 0 radical (unpaired) electrons. The van der Waals surface area contributed by atoms with Crippen molar-refractivity contribution in [2.45, 2.75) is 25.8 Å². The molecular formula is C17H25BrFIN4O. The lowest BCUT2D eigenvalue weighted by Gasteiger charge is -2.34.